The summed E-state index contributed by atoms with van der Waals surface area (Å²) in [5.41, 5.74) is 0.241. The van der Waals surface area contributed by atoms with Crippen LogP contribution in [0.5, 0.6) is 0 Å². The van der Waals surface area contributed by atoms with E-state index in [0.29, 0.717) is 19.4 Å². The molecule has 0 aliphatic carbocycles. The fraction of sp³-hybridized carbons (Fsp3) is 0.652. The third kappa shape index (κ3) is 8.45. The lowest BCUT2D eigenvalue weighted by atomic mass is 9.88. The molecule has 1 aromatic carbocycles. The second-order valence-electron chi connectivity index (χ2n) is 8.81. The first-order valence-corrected chi connectivity index (χ1v) is 10.6. The van der Waals surface area contributed by atoms with Crippen LogP contribution < -0.4 is 5.32 Å². The van der Waals surface area contributed by atoms with E-state index in [1.807, 2.05) is 6.92 Å². The van der Waals surface area contributed by atoms with E-state index in [9.17, 15) is 14.0 Å². The molecule has 4 atom stereocenters. The van der Waals surface area contributed by atoms with Gasteiger partial charge in [0.15, 0.2) is 0 Å². The number of ether oxygens (including phenoxy) is 4. The monoisotopic (exact) mass is 439 g/mol. The number of carbonyl (C=O) groups excluding carboxylic acids is 2. The van der Waals surface area contributed by atoms with Crippen molar-refractivity contribution in [2.24, 2.45) is 5.92 Å². The number of amides is 1. The van der Waals surface area contributed by atoms with Gasteiger partial charge in [-0.2, -0.15) is 0 Å². The molecule has 174 valence electrons. The number of halogens is 1. The zero-order chi connectivity index (χ0) is 23.0. The standard InChI is InChI=1S/C23H34FNO6/c1-15-18(14-16-6-8-17(24)9-7-16)20(11-12-28-5)29-13-10-19(21(26)30-15)25-22(27)31-23(2,3)4/h6-9,15,18-20H,10-14H2,1-5H3,(H,25,27)/t15-,18-,19-,20+/m0/s1. The topological polar surface area (TPSA) is 83.1 Å². The van der Waals surface area contributed by atoms with Gasteiger partial charge < -0.3 is 24.3 Å². The molecular formula is C23H34FNO6. The molecular weight excluding hydrogens is 405 g/mol. The highest BCUT2D eigenvalue weighted by Gasteiger charge is 2.35. The number of benzene rings is 1. The van der Waals surface area contributed by atoms with Crippen molar-refractivity contribution >= 4 is 12.1 Å². The Kier molecular flexibility index (Phi) is 9.25. The van der Waals surface area contributed by atoms with Crippen molar-refractivity contribution in [2.75, 3.05) is 20.3 Å². The van der Waals surface area contributed by atoms with Crippen molar-refractivity contribution in [2.45, 2.75) is 70.8 Å². The predicted octanol–water partition coefficient (Wildman–Crippen LogP) is 3.63. The van der Waals surface area contributed by atoms with Crippen molar-refractivity contribution < 1.29 is 32.9 Å². The number of carbonyl (C=O) groups is 2. The van der Waals surface area contributed by atoms with E-state index in [0.717, 1.165) is 5.56 Å². The fourth-order valence-electron chi connectivity index (χ4n) is 3.54. The van der Waals surface area contributed by atoms with Gasteiger partial charge >= 0.3 is 12.1 Å². The molecule has 0 unspecified atom stereocenters. The Morgan fingerprint density at radius 1 is 1.26 bits per heavy atom. The fourth-order valence-corrected chi connectivity index (χ4v) is 3.54. The molecule has 0 saturated carbocycles. The third-order valence-electron chi connectivity index (χ3n) is 5.09. The van der Waals surface area contributed by atoms with Crippen LogP contribution in [0.1, 0.15) is 46.1 Å². The van der Waals surface area contributed by atoms with Gasteiger partial charge in [0.1, 0.15) is 23.6 Å². The highest BCUT2D eigenvalue weighted by Crippen LogP contribution is 2.26. The quantitative estimate of drug-likeness (QED) is 0.682. The molecule has 1 aliphatic rings. The number of alkyl carbamates (subject to hydrolysis) is 1. The molecule has 1 aliphatic heterocycles. The molecule has 1 aromatic rings. The van der Waals surface area contributed by atoms with Crippen LogP contribution in [0.25, 0.3) is 0 Å². The van der Waals surface area contributed by atoms with Gasteiger partial charge in [-0.1, -0.05) is 12.1 Å². The van der Waals surface area contributed by atoms with Crippen LogP contribution in [0.2, 0.25) is 0 Å². The zero-order valence-electron chi connectivity index (χ0n) is 19.0. The SMILES string of the molecule is COCC[C@H]1OCC[C@H](NC(=O)OC(C)(C)C)C(=O)O[C@@H](C)[C@@H]1Cc1ccc(F)cc1. The minimum Gasteiger partial charge on any atom is -0.461 e. The van der Waals surface area contributed by atoms with Gasteiger partial charge in [0.25, 0.3) is 0 Å². The van der Waals surface area contributed by atoms with Crippen LogP contribution in [0.15, 0.2) is 24.3 Å². The first kappa shape index (κ1) is 25.1. The lowest BCUT2D eigenvalue weighted by molar-refractivity contribution is -0.154. The highest BCUT2D eigenvalue weighted by atomic mass is 19.1. The van der Waals surface area contributed by atoms with Gasteiger partial charge in [0, 0.05) is 32.7 Å². The van der Waals surface area contributed by atoms with Crippen LogP contribution in [-0.2, 0) is 30.2 Å². The Balaban J connectivity index is 2.15. The first-order valence-electron chi connectivity index (χ1n) is 10.6. The van der Waals surface area contributed by atoms with Crippen molar-refractivity contribution in [1.82, 2.24) is 5.32 Å². The van der Waals surface area contributed by atoms with Gasteiger partial charge in [-0.15, -0.1) is 0 Å². The molecule has 1 saturated heterocycles. The van der Waals surface area contributed by atoms with E-state index < -0.39 is 29.8 Å². The van der Waals surface area contributed by atoms with E-state index in [1.54, 1.807) is 40.0 Å². The normalized spacial score (nSPS) is 25.0. The molecule has 31 heavy (non-hydrogen) atoms. The summed E-state index contributed by atoms with van der Waals surface area (Å²) in [6, 6.07) is 5.39. The Labute approximate surface area is 183 Å². The van der Waals surface area contributed by atoms with E-state index in [-0.39, 0.29) is 30.9 Å². The summed E-state index contributed by atoms with van der Waals surface area (Å²) in [7, 11) is 1.62. The summed E-state index contributed by atoms with van der Waals surface area (Å²) in [6.07, 6.45) is 0.0350. The maximum atomic E-state index is 13.3. The maximum absolute atomic E-state index is 13.3. The maximum Gasteiger partial charge on any atom is 0.408 e. The van der Waals surface area contributed by atoms with E-state index in [1.165, 1.54) is 12.1 Å². The van der Waals surface area contributed by atoms with E-state index in [2.05, 4.69) is 5.32 Å². The van der Waals surface area contributed by atoms with Crippen LogP contribution in [0, 0.1) is 11.7 Å². The van der Waals surface area contributed by atoms with Gasteiger partial charge in [-0.3, -0.25) is 0 Å². The molecule has 8 heteroatoms. The van der Waals surface area contributed by atoms with Crippen LogP contribution in [0.4, 0.5) is 9.18 Å². The molecule has 1 fully saturated rings. The smallest absolute Gasteiger partial charge is 0.408 e. The summed E-state index contributed by atoms with van der Waals surface area (Å²) >= 11 is 0. The number of cyclic esters (lactones) is 1. The van der Waals surface area contributed by atoms with Crippen LogP contribution in [0.3, 0.4) is 0 Å². The average Bonchev–Trinajstić information content (AvgIpc) is 2.72. The zero-order valence-corrected chi connectivity index (χ0v) is 19.0. The lowest BCUT2D eigenvalue weighted by Gasteiger charge is -2.31. The number of hydrogen-bond donors (Lipinski definition) is 1. The molecule has 0 spiro atoms. The van der Waals surface area contributed by atoms with Crippen molar-refractivity contribution in [3.05, 3.63) is 35.6 Å². The Bertz CT molecular complexity index is 718. The molecule has 1 amide bonds. The average molecular weight is 440 g/mol. The van der Waals surface area contributed by atoms with Gasteiger partial charge in [0.2, 0.25) is 0 Å². The highest BCUT2D eigenvalue weighted by molar-refractivity contribution is 5.81. The van der Waals surface area contributed by atoms with E-state index in [4.69, 9.17) is 18.9 Å². The molecule has 0 bridgehead atoms. The summed E-state index contributed by atoms with van der Waals surface area (Å²) in [5.74, 6) is -0.996. The largest absolute Gasteiger partial charge is 0.461 e. The molecule has 1 N–H and O–H groups in total. The number of rotatable bonds is 6. The van der Waals surface area contributed by atoms with Crippen LogP contribution in [-0.4, -0.2) is 56.2 Å². The van der Waals surface area contributed by atoms with Gasteiger partial charge in [-0.25, -0.2) is 14.0 Å². The number of nitrogens with one attached hydrogen (secondary N) is 1. The number of hydrogen-bond acceptors (Lipinski definition) is 6. The van der Waals surface area contributed by atoms with Gasteiger partial charge in [0.05, 0.1) is 6.10 Å². The Morgan fingerprint density at radius 2 is 1.94 bits per heavy atom. The second-order valence-corrected chi connectivity index (χ2v) is 8.81. The van der Waals surface area contributed by atoms with Crippen molar-refractivity contribution in [1.29, 1.82) is 0 Å². The van der Waals surface area contributed by atoms with Crippen molar-refractivity contribution in [3.8, 4) is 0 Å². The molecule has 0 radical (unpaired) electrons. The first-order chi connectivity index (χ1) is 14.6. The lowest BCUT2D eigenvalue weighted by Crippen LogP contribution is -2.45. The van der Waals surface area contributed by atoms with E-state index >= 15 is 0 Å². The Morgan fingerprint density at radius 3 is 2.55 bits per heavy atom. The van der Waals surface area contributed by atoms with Crippen molar-refractivity contribution in [3.63, 3.8) is 0 Å². The van der Waals surface area contributed by atoms with Crippen LogP contribution >= 0.6 is 0 Å². The minimum absolute atomic E-state index is 0.162. The molecule has 1 heterocycles. The van der Waals surface area contributed by atoms with Gasteiger partial charge in [-0.05, 0) is 58.2 Å². The molecule has 2 rings (SSSR count). The predicted molar refractivity (Wildman–Crippen MR) is 113 cm³/mol. The summed E-state index contributed by atoms with van der Waals surface area (Å²) in [4.78, 5) is 24.9. The number of esters is 1. The summed E-state index contributed by atoms with van der Waals surface area (Å²) < 4.78 is 35.6. The molecule has 7 nitrogen and oxygen atoms in total. The molecule has 0 aromatic heterocycles. The third-order valence-corrected chi connectivity index (χ3v) is 5.09. The Hall–Kier alpha value is -2.19. The second kappa shape index (κ2) is 11.4. The summed E-state index contributed by atoms with van der Waals surface area (Å²) in [6.45, 7) is 7.81. The number of methoxy groups -OCH3 is 1. The summed E-state index contributed by atoms with van der Waals surface area (Å²) in [5, 5.41) is 2.59. The minimum atomic E-state index is -0.870.